The molecule has 1 aliphatic rings. The van der Waals surface area contributed by atoms with E-state index in [2.05, 4.69) is 21.8 Å². The largest absolute Gasteiger partial charge is 0.508 e. The molecule has 1 saturated heterocycles. The van der Waals surface area contributed by atoms with Gasteiger partial charge in [-0.15, -0.1) is 0 Å². The first kappa shape index (κ1) is 19.7. The molecule has 30 heavy (non-hydrogen) atoms. The van der Waals surface area contributed by atoms with Gasteiger partial charge in [-0.25, -0.2) is 9.97 Å². The zero-order chi connectivity index (χ0) is 21.6. The monoisotopic (exact) mass is 405 g/mol. The van der Waals surface area contributed by atoms with E-state index in [9.17, 15) is 9.90 Å². The molecule has 8 nitrogen and oxygen atoms in total. The molecule has 1 fully saturated rings. The Bertz CT molecular complexity index is 1240. The van der Waals surface area contributed by atoms with Gasteiger partial charge in [0.05, 0.1) is 11.9 Å². The molecule has 1 amide bonds. The van der Waals surface area contributed by atoms with E-state index in [1.807, 2.05) is 13.8 Å². The number of benzene rings is 1. The van der Waals surface area contributed by atoms with Gasteiger partial charge in [0.2, 0.25) is 0 Å². The van der Waals surface area contributed by atoms with Gasteiger partial charge in [0.25, 0.3) is 5.91 Å². The zero-order valence-electron chi connectivity index (χ0n) is 17.1. The summed E-state index contributed by atoms with van der Waals surface area (Å²) < 4.78 is 7.31. The number of carbonyl (C=O) groups is 1. The van der Waals surface area contributed by atoms with Crippen molar-refractivity contribution in [3.8, 4) is 23.3 Å². The lowest BCUT2D eigenvalue weighted by Gasteiger charge is -2.15. The number of nitrogen functional groups attached to an aromatic ring is 1. The quantitative estimate of drug-likeness (QED) is 0.561. The van der Waals surface area contributed by atoms with Crippen LogP contribution in [0.4, 0.5) is 5.82 Å². The smallest absolute Gasteiger partial charge is 0.254 e. The highest BCUT2D eigenvalue weighted by atomic mass is 16.5. The number of phenolic OH excluding ortho intramolecular Hbond substituents is 1. The second kappa shape index (κ2) is 7.04. The summed E-state index contributed by atoms with van der Waals surface area (Å²) in [6, 6.07) is 3.37. The summed E-state index contributed by atoms with van der Waals surface area (Å²) in [5.74, 6) is 5.67. The van der Waals surface area contributed by atoms with E-state index in [1.165, 1.54) is 6.20 Å². The molecular weight excluding hydrogens is 382 g/mol. The van der Waals surface area contributed by atoms with Gasteiger partial charge in [-0.05, 0) is 51.2 Å². The standard InChI is InChI=1S/C22H23N5O3/c1-12-5-6-15(28)13(2)18(12)27-19(23)16(20(24)29)17-21(27)26-14(11-25-17)7-9-22(3)8-4-10-30-22/h5-6,11,28H,4,8,10,23H2,1-3H3,(H2,24,29). The number of nitrogens with two attached hydrogens (primary N) is 2. The number of primary amides is 1. The second-order valence-corrected chi connectivity index (χ2v) is 7.70. The van der Waals surface area contributed by atoms with Crippen LogP contribution < -0.4 is 11.5 Å². The molecule has 3 heterocycles. The van der Waals surface area contributed by atoms with Gasteiger partial charge in [0, 0.05) is 12.2 Å². The normalized spacial score (nSPS) is 18.4. The molecule has 0 radical (unpaired) electrons. The van der Waals surface area contributed by atoms with Crippen LogP contribution in [0.1, 0.15) is 46.9 Å². The highest BCUT2D eigenvalue weighted by Gasteiger charge is 2.28. The van der Waals surface area contributed by atoms with Crippen molar-refractivity contribution in [2.24, 2.45) is 5.73 Å². The maximum Gasteiger partial charge on any atom is 0.254 e. The van der Waals surface area contributed by atoms with Crippen molar-refractivity contribution in [1.82, 2.24) is 14.5 Å². The summed E-state index contributed by atoms with van der Waals surface area (Å²) in [5.41, 5.74) is 14.6. The van der Waals surface area contributed by atoms with Crippen LogP contribution in [0.25, 0.3) is 16.9 Å². The molecule has 4 rings (SSSR count). The number of amides is 1. The molecule has 1 aromatic carbocycles. The number of aromatic nitrogens is 3. The van der Waals surface area contributed by atoms with Crippen LogP contribution >= 0.6 is 0 Å². The maximum absolute atomic E-state index is 12.1. The Hall–Kier alpha value is -3.57. The average molecular weight is 405 g/mol. The van der Waals surface area contributed by atoms with Gasteiger partial charge in [0.15, 0.2) is 5.65 Å². The number of ether oxygens (including phenoxy) is 1. The maximum atomic E-state index is 12.1. The van der Waals surface area contributed by atoms with E-state index in [4.69, 9.17) is 16.2 Å². The van der Waals surface area contributed by atoms with Crippen molar-refractivity contribution in [3.05, 3.63) is 40.7 Å². The van der Waals surface area contributed by atoms with E-state index < -0.39 is 11.5 Å². The predicted octanol–water partition coefficient (Wildman–Crippen LogP) is 2.34. The number of rotatable bonds is 2. The van der Waals surface area contributed by atoms with Crippen molar-refractivity contribution in [3.63, 3.8) is 0 Å². The van der Waals surface area contributed by atoms with E-state index in [0.29, 0.717) is 29.2 Å². The fourth-order valence-electron chi connectivity index (χ4n) is 3.83. The molecule has 1 unspecified atom stereocenters. The Morgan fingerprint density at radius 1 is 1.37 bits per heavy atom. The summed E-state index contributed by atoms with van der Waals surface area (Å²) in [6.45, 7) is 6.28. The first-order valence-electron chi connectivity index (χ1n) is 9.65. The zero-order valence-corrected chi connectivity index (χ0v) is 17.1. The van der Waals surface area contributed by atoms with Crippen molar-refractivity contribution in [2.75, 3.05) is 12.3 Å². The van der Waals surface area contributed by atoms with Crippen LogP contribution in [0.2, 0.25) is 0 Å². The first-order chi connectivity index (χ1) is 14.2. The Labute approximate surface area is 173 Å². The molecule has 0 spiro atoms. The molecule has 8 heteroatoms. The van der Waals surface area contributed by atoms with Crippen molar-refractivity contribution in [2.45, 2.75) is 39.2 Å². The minimum Gasteiger partial charge on any atom is -0.508 e. The van der Waals surface area contributed by atoms with E-state index >= 15 is 0 Å². The number of aryl methyl sites for hydroxylation is 1. The van der Waals surface area contributed by atoms with Gasteiger partial charge in [0.1, 0.15) is 33.9 Å². The molecule has 154 valence electrons. The van der Waals surface area contributed by atoms with Crippen LogP contribution in [0.15, 0.2) is 18.3 Å². The number of nitrogens with zero attached hydrogens (tertiary/aromatic N) is 3. The molecular formula is C22H23N5O3. The Morgan fingerprint density at radius 2 is 2.13 bits per heavy atom. The average Bonchev–Trinajstić information content (AvgIpc) is 3.25. The lowest BCUT2D eigenvalue weighted by Crippen LogP contribution is -2.19. The van der Waals surface area contributed by atoms with E-state index in [-0.39, 0.29) is 22.6 Å². The van der Waals surface area contributed by atoms with Gasteiger partial charge < -0.3 is 21.3 Å². The number of carbonyl (C=O) groups excluding carboxylic acids is 1. The van der Waals surface area contributed by atoms with Crippen molar-refractivity contribution >= 4 is 22.9 Å². The van der Waals surface area contributed by atoms with Crippen molar-refractivity contribution < 1.29 is 14.6 Å². The number of hydrogen-bond acceptors (Lipinski definition) is 6. The highest BCUT2D eigenvalue weighted by molar-refractivity contribution is 6.09. The molecule has 0 aliphatic carbocycles. The SMILES string of the molecule is Cc1ccc(O)c(C)c1-n1c(N)c(C(N)=O)c2ncc(C#CC3(C)CCCO3)nc21. The third kappa shape index (κ3) is 3.13. The molecule has 3 aromatic rings. The summed E-state index contributed by atoms with van der Waals surface area (Å²) in [4.78, 5) is 21.1. The number of anilines is 1. The lowest BCUT2D eigenvalue weighted by molar-refractivity contribution is 0.0695. The summed E-state index contributed by atoms with van der Waals surface area (Å²) in [6.07, 6.45) is 3.31. The number of hydrogen-bond donors (Lipinski definition) is 3. The molecule has 0 bridgehead atoms. The fourth-order valence-corrected chi connectivity index (χ4v) is 3.83. The Balaban J connectivity index is 1.98. The Morgan fingerprint density at radius 3 is 2.80 bits per heavy atom. The van der Waals surface area contributed by atoms with E-state index in [1.54, 1.807) is 23.6 Å². The molecule has 1 atom stereocenters. The number of fused-ring (bicyclic) bond motifs is 1. The van der Waals surface area contributed by atoms with E-state index in [0.717, 1.165) is 18.4 Å². The highest BCUT2D eigenvalue weighted by Crippen LogP contribution is 2.34. The van der Waals surface area contributed by atoms with Gasteiger partial charge in [-0.3, -0.25) is 9.36 Å². The number of aromatic hydroxyl groups is 1. The summed E-state index contributed by atoms with van der Waals surface area (Å²) >= 11 is 0. The second-order valence-electron chi connectivity index (χ2n) is 7.70. The minimum absolute atomic E-state index is 0.0882. The van der Waals surface area contributed by atoms with Gasteiger partial charge in [-0.1, -0.05) is 12.0 Å². The summed E-state index contributed by atoms with van der Waals surface area (Å²) in [5, 5.41) is 10.2. The van der Waals surface area contributed by atoms with Gasteiger partial charge >= 0.3 is 0 Å². The molecule has 1 aliphatic heterocycles. The topological polar surface area (TPSA) is 129 Å². The Kier molecular flexibility index (Phi) is 4.63. The molecule has 2 aromatic heterocycles. The number of phenols is 1. The third-order valence-electron chi connectivity index (χ3n) is 5.45. The molecule has 0 saturated carbocycles. The van der Waals surface area contributed by atoms with Crippen LogP contribution in [-0.2, 0) is 4.74 Å². The van der Waals surface area contributed by atoms with Crippen LogP contribution in [0, 0.1) is 25.7 Å². The van der Waals surface area contributed by atoms with Crippen LogP contribution in [-0.4, -0.2) is 37.8 Å². The van der Waals surface area contributed by atoms with Crippen LogP contribution in [0.5, 0.6) is 5.75 Å². The lowest BCUT2D eigenvalue weighted by atomic mass is 10.0. The predicted molar refractivity (Wildman–Crippen MR) is 113 cm³/mol. The molecule has 5 N–H and O–H groups in total. The van der Waals surface area contributed by atoms with Crippen molar-refractivity contribution in [1.29, 1.82) is 0 Å². The first-order valence-corrected chi connectivity index (χ1v) is 9.65. The van der Waals surface area contributed by atoms with Crippen LogP contribution in [0.3, 0.4) is 0 Å². The summed E-state index contributed by atoms with van der Waals surface area (Å²) in [7, 11) is 0. The third-order valence-corrected chi connectivity index (χ3v) is 5.45. The fraction of sp³-hybridized carbons (Fsp3) is 0.318. The minimum atomic E-state index is -0.702. The van der Waals surface area contributed by atoms with Gasteiger partial charge in [-0.2, -0.15) is 0 Å².